The summed E-state index contributed by atoms with van der Waals surface area (Å²) in [6, 6.07) is 5.37. The van der Waals surface area contributed by atoms with Gasteiger partial charge in [0.2, 0.25) is 0 Å². The van der Waals surface area contributed by atoms with E-state index < -0.39 is 10.2 Å². The third-order valence-electron chi connectivity index (χ3n) is 4.16. The molecule has 1 aromatic carbocycles. The molecule has 8 nitrogen and oxygen atoms in total. The lowest BCUT2D eigenvalue weighted by atomic mass is 10.1. The fraction of sp³-hybridized carbons (Fsp3) is 0.467. The minimum atomic E-state index is -3.42. The van der Waals surface area contributed by atoms with Crippen molar-refractivity contribution in [3.05, 3.63) is 29.6 Å². The Kier molecular flexibility index (Phi) is 4.33. The van der Waals surface area contributed by atoms with Gasteiger partial charge in [-0.3, -0.25) is 4.79 Å². The molecule has 2 heterocycles. The first kappa shape index (κ1) is 16.9. The molecule has 1 N–H and O–H groups in total. The first-order valence-electron chi connectivity index (χ1n) is 7.72. The maximum absolute atomic E-state index is 12.7. The van der Waals surface area contributed by atoms with Crippen molar-refractivity contribution in [2.24, 2.45) is 0 Å². The van der Waals surface area contributed by atoms with Crippen molar-refractivity contribution in [3.8, 4) is 0 Å². The normalized spacial score (nSPS) is 16.9. The van der Waals surface area contributed by atoms with Gasteiger partial charge in [-0.25, -0.2) is 4.98 Å². The van der Waals surface area contributed by atoms with Crippen LogP contribution in [0.1, 0.15) is 16.2 Å². The number of hydrogen-bond acceptors (Lipinski definition) is 4. The van der Waals surface area contributed by atoms with Gasteiger partial charge in [-0.2, -0.15) is 17.0 Å². The van der Waals surface area contributed by atoms with E-state index in [0.29, 0.717) is 31.7 Å². The van der Waals surface area contributed by atoms with Gasteiger partial charge >= 0.3 is 0 Å². The maximum Gasteiger partial charge on any atom is 0.281 e. The summed E-state index contributed by atoms with van der Waals surface area (Å²) < 4.78 is 26.8. The Balaban J connectivity index is 1.72. The Bertz CT molecular complexity index is 866. The predicted molar refractivity (Wildman–Crippen MR) is 90.9 cm³/mol. The van der Waals surface area contributed by atoms with E-state index in [1.165, 1.54) is 22.7 Å². The van der Waals surface area contributed by atoms with Gasteiger partial charge in [-0.05, 0) is 25.1 Å². The number of benzene rings is 1. The van der Waals surface area contributed by atoms with E-state index in [9.17, 15) is 13.2 Å². The quantitative estimate of drug-likeness (QED) is 0.869. The second-order valence-corrected chi connectivity index (χ2v) is 8.18. The average molecular weight is 351 g/mol. The highest BCUT2D eigenvalue weighted by molar-refractivity contribution is 7.86. The lowest BCUT2D eigenvalue weighted by molar-refractivity contribution is 0.0695. The van der Waals surface area contributed by atoms with Gasteiger partial charge in [-0.1, -0.05) is 0 Å². The number of aromatic amines is 1. The molecule has 24 heavy (non-hydrogen) atoms. The van der Waals surface area contributed by atoms with Gasteiger partial charge in [0.05, 0.1) is 11.0 Å². The molecular formula is C15H21N5O3S. The SMILES string of the molecule is Cc1nc2ccc(C(=O)N3CCN(S(=O)(=O)N(C)C)CC3)cc2[nH]1. The molecule has 0 atom stereocenters. The molecule has 0 aliphatic carbocycles. The largest absolute Gasteiger partial charge is 0.342 e. The van der Waals surface area contributed by atoms with Crippen LogP contribution in [-0.4, -0.2) is 78.1 Å². The van der Waals surface area contributed by atoms with Crippen LogP contribution < -0.4 is 0 Å². The Morgan fingerprint density at radius 3 is 2.50 bits per heavy atom. The van der Waals surface area contributed by atoms with Crippen molar-refractivity contribution in [1.29, 1.82) is 0 Å². The van der Waals surface area contributed by atoms with E-state index >= 15 is 0 Å². The molecule has 1 aliphatic rings. The molecule has 0 saturated carbocycles. The number of nitrogens with zero attached hydrogens (tertiary/aromatic N) is 4. The number of nitrogens with one attached hydrogen (secondary N) is 1. The number of amides is 1. The zero-order valence-corrected chi connectivity index (χ0v) is 14.8. The van der Waals surface area contributed by atoms with Crippen LogP contribution in [0, 0.1) is 6.92 Å². The van der Waals surface area contributed by atoms with Gasteiger partial charge in [0.25, 0.3) is 16.1 Å². The zero-order valence-electron chi connectivity index (χ0n) is 14.0. The lowest BCUT2D eigenvalue weighted by Gasteiger charge is -2.35. The summed E-state index contributed by atoms with van der Waals surface area (Å²) in [6.07, 6.45) is 0. The second kappa shape index (κ2) is 6.15. The number of carbonyl (C=O) groups is 1. The topological polar surface area (TPSA) is 89.6 Å². The van der Waals surface area contributed by atoms with Crippen molar-refractivity contribution >= 4 is 27.1 Å². The van der Waals surface area contributed by atoms with Crippen LogP contribution in [0.2, 0.25) is 0 Å². The van der Waals surface area contributed by atoms with Gasteiger partial charge in [0.15, 0.2) is 0 Å². The van der Waals surface area contributed by atoms with Crippen LogP contribution >= 0.6 is 0 Å². The van der Waals surface area contributed by atoms with Crippen molar-refractivity contribution in [2.45, 2.75) is 6.92 Å². The Morgan fingerprint density at radius 2 is 1.88 bits per heavy atom. The number of fused-ring (bicyclic) bond motifs is 1. The zero-order chi connectivity index (χ0) is 17.5. The molecule has 9 heteroatoms. The van der Waals surface area contributed by atoms with E-state index in [2.05, 4.69) is 9.97 Å². The van der Waals surface area contributed by atoms with Gasteiger partial charge in [-0.15, -0.1) is 0 Å². The summed E-state index contributed by atoms with van der Waals surface area (Å²) in [5.41, 5.74) is 2.23. The highest BCUT2D eigenvalue weighted by Crippen LogP contribution is 2.17. The summed E-state index contributed by atoms with van der Waals surface area (Å²) >= 11 is 0. The predicted octanol–water partition coefficient (Wildman–Crippen LogP) is 0.436. The van der Waals surface area contributed by atoms with E-state index in [4.69, 9.17) is 0 Å². The van der Waals surface area contributed by atoms with E-state index in [1.807, 2.05) is 13.0 Å². The number of carbonyl (C=O) groups excluding carboxylic acids is 1. The summed E-state index contributed by atoms with van der Waals surface area (Å²) in [5.74, 6) is 0.711. The highest BCUT2D eigenvalue weighted by atomic mass is 32.2. The molecule has 0 spiro atoms. The van der Waals surface area contributed by atoms with Crippen molar-refractivity contribution in [3.63, 3.8) is 0 Å². The second-order valence-electron chi connectivity index (χ2n) is 6.04. The fourth-order valence-electron chi connectivity index (χ4n) is 2.81. The van der Waals surface area contributed by atoms with Crippen LogP contribution in [0.5, 0.6) is 0 Å². The average Bonchev–Trinajstić information content (AvgIpc) is 2.93. The monoisotopic (exact) mass is 351 g/mol. The molecule has 130 valence electrons. The number of imidazole rings is 1. The van der Waals surface area contributed by atoms with Crippen LogP contribution in [0.15, 0.2) is 18.2 Å². The van der Waals surface area contributed by atoms with Crippen molar-refractivity contribution in [1.82, 2.24) is 23.5 Å². The molecular weight excluding hydrogens is 330 g/mol. The number of H-pyrrole nitrogens is 1. The summed E-state index contributed by atoms with van der Waals surface area (Å²) in [4.78, 5) is 21.8. The molecule has 1 saturated heterocycles. The molecule has 3 rings (SSSR count). The van der Waals surface area contributed by atoms with Crippen molar-refractivity contribution in [2.75, 3.05) is 40.3 Å². The summed E-state index contributed by atoms with van der Waals surface area (Å²) in [7, 11) is -0.408. The van der Waals surface area contributed by atoms with E-state index in [-0.39, 0.29) is 5.91 Å². The molecule has 1 aromatic heterocycles. The maximum atomic E-state index is 12.7. The molecule has 1 aliphatic heterocycles. The number of piperazine rings is 1. The highest BCUT2D eigenvalue weighted by Gasteiger charge is 2.30. The first-order chi connectivity index (χ1) is 11.3. The molecule has 0 unspecified atom stereocenters. The van der Waals surface area contributed by atoms with Gasteiger partial charge in [0.1, 0.15) is 5.82 Å². The van der Waals surface area contributed by atoms with E-state index in [0.717, 1.165) is 16.9 Å². The Labute approximate surface area is 141 Å². The molecule has 1 amide bonds. The smallest absolute Gasteiger partial charge is 0.281 e. The molecule has 2 aromatic rings. The molecule has 0 bridgehead atoms. The van der Waals surface area contributed by atoms with Crippen LogP contribution in [0.3, 0.4) is 0 Å². The molecule has 0 radical (unpaired) electrons. The fourth-order valence-corrected chi connectivity index (χ4v) is 3.89. The first-order valence-corrected chi connectivity index (χ1v) is 9.12. The number of rotatable bonds is 3. The Hall–Kier alpha value is -1.97. The van der Waals surface area contributed by atoms with Crippen LogP contribution in [0.25, 0.3) is 11.0 Å². The lowest BCUT2D eigenvalue weighted by Crippen LogP contribution is -2.53. The molecule has 1 fully saturated rings. The number of aromatic nitrogens is 2. The third-order valence-corrected chi connectivity index (χ3v) is 6.10. The van der Waals surface area contributed by atoms with Crippen LogP contribution in [-0.2, 0) is 10.2 Å². The number of hydrogen-bond donors (Lipinski definition) is 1. The van der Waals surface area contributed by atoms with Gasteiger partial charge in [0, 0.05) is 45.8 Å². The summed E-state index contributed by atoms with van der Waals surface area (Å²) in [5, 5.41) is 0. The number of aryl methyl sites for hydroxylation is 1. The van der Waals surface area contributed by atoms with E-state index in [1.54, 1.807) is 17.0 Å². The minimum Gasteiger partial charge on any atom is -0.342 e. The van der Waals surface area contributed by atoms with Crippen LogP contribution in [0.4, 0.5) is 0 Å². The minimum absolute atomic E-state index is 0.0916. The van der Waals surface area contributed by atoms with Crippen molar-refractivity contribution < 1.29 is 13.2 Å². The Morgan fingerprint density at radius 1 is 1.21 bits per heavy atom. The standard InChI is InChI=1S/C15H21N5O3S/c1-11-16-13-5-4-12(10-14(13)17-11)15(21)19-6-8-20(9-7-19)24(22,23)18(2)3/h4-5,10H,6-9H2,1-3H3,(H,16,17). The summed E-state index contributed by atoms with van der Waals surface area (Å²) in [6.45, 7) is 3.24. The third kappa shape index (κ3) is 3.02. The van der Waals surface area contributed by atoms with Gasteiger partial charge < -0.3 is 9.88 Å².